The van der Waals surface area contributed by atoms with Gasteiger partial charge < -0.3 is 5.32 Å². The molecule has 24 heavy (non-hydrogen) atoms. The van der Waals surface area contributed by atoms with Gasteiger partial charge in [-0.15, -0.1) is 0 Å². The summed E-state index contributed by atoms with van der Waals surface area (Å²) in [7, 11) is 0. The first-order valence-electron chi connectivity index (χ1n) is 8.69. The Hall–Kier alpha value is -2.13. The summed E-state index contributed by atoms with van der Waals surface area (Å²) in [5.41, 5.74) is 4.67. The quantitative estimate of drug-likeness (QED) is 0.835. The van der Waals surface area contributed by atoms with Crippen LogP contribution in [0.5, 0.6) is 0 Å². The highest BCUT2D eigenvalue weighted by atomic mass is 16.2. The van der Waals surface area contributed by atoms with E-state index >= 15 is 0 Å². The molecule has 128 valence electrons. The van der Waals surface area contributed by atoms with Gasteiger partial charge in [-0.3, -0.25) is 9.69 Å². The molecule has 0 heterocycles. The molecule has 2 aromatic carbocycles. The molecule has 0 aliphatic carbocycles. The molecular weight excluding hydrogens is 296 g/mol. The molecule has 0 saturated heterocycles. The maximum absolute atomic E-state index is 12.9. The van der Waals surface area contributed by atoms with E-state index in [-0.39, 0.29) is 11.9 Å². The fraction of sp³-hybridized carbons (Fsp3) is 0.381. The number of hydrogen-bond donors (Lipinski definition) is 1. The average molecular weight is 324 g/mol. The van der Waals surface area contributed by atoms with Crippen LogP contribution in [0.4, 0.5) is 0 Å². The number of aryl methyl sites for hydroxylation is 2. The fourth-order valence-electron chi connectivity index (χ4n) is 3.08. The second-order valence-electron chi connectivity index (χ2n) is 6.18. The molecule has 1 N–H and O–H groups in total. The van der Waals surface area contributed by atoms with E-state index in [9.17, 15) is 4.79 Å². The van der Waals surface area contributed by atoms with Gasteiger partial charge in [0.05, 0.1) is 0 Å². The highest BCUT2D eigenvalue weighted by Crippen LogP contribution is 2.21. The zero-order valence-electron chi connectivity index (χ0n) is 15.2. The SMILES string of the molecule is CCN(CC)C(C(=O)NCc1ccc(C)cc1C)c1ccccc1. The van der Waals surface area contributed by atoms with Crippen LogP contribution in [0.1, 0.15) is 42.1 Å². The van der Waals surface area contributed by atoms with Crippen molar-refractivity contribution in [3.63, 3.8) is 0 Å². The molecule has 2 aromatic rings. The van der Waals surface area contributed by atoms with E-state index in [0.29, 0.717) is 6.54 Å². The number of rotatable bonds is 7. The van der Waals surface area contributed by atoms with Crippen molar-refractivity contribution in [3.05, 3.63) is 70.8 Å². The largest absolute Gasteiger partial charge is 0.350 e. The Morgan fingerprint density at radius 2 is 1.71 bits per heavy atom. The third-order valence-corrected chi connectivity index (χ3v) is 4.49. The Labute approximate surface area is 145 Å². The van der Waals surface area contributed by atoms with Crippen LogP contribution in [0.2, 0.25) is 0 Å². The van der Waals surface area contributed by atoms with Crippen molar-refractivity contribution >= 4 is 5.91 Å². The summed E-state index contributed by atoms with van der Waals surface area (Å²) in [4.78, 5) is 15.1. The molecule has 0 saturated carbocycles. The molecule has 0 radical (unpaired) electrons. The monoisotopic (exact) mass is 324 g/mol. The zero-order valence-corrected chi connectivity index (χ0v) is 15.2. The lowest BCUT2D eigenvalue weighted by molar-refractivity contribution is -0.126. The average Bonchev–Trinajstić information content (AvgIpc) is 2.59. The highest BCUT2D eigenvalue weighted by Gasteiger charge is 2.25. The van der Waals surface area contributed by atoms with Crippen molar-refractivity contribution in [1.29, 1.82) is 0 Å². The fourth-order valence-corrected chi connectivity index (χ4v) is 3.08. The molecule has 0 aromatic heterocycles. The number of carbonyl (C=O) groups is 1. The first kappa shape index (κ1) is 18.2. The Kier molecular flexibility index (Phi) is 6.56. The van der Waals surface area contributed by atoms with Gasteiger partial charge in [-0.1, -0.05) is 67.9 Å². The zero-order chi connectivity index (χ0) is 17.5. The molecule has 3 heteroatoms. The van der Waals surface area contributed by atoms with E-state index in [1.54, 1.807) is 0 Å². The number of hydrogen-bond acceptors (Lipinski definition) is 2. The van der Waals surface area contributed by atoms with Gasteiger partial charge in [-0.25, -0.2) is 0 Å². The lowest BCUT2D eigenvalue weighted by Gasteiger charge is -2.29. The smallest absolute Gasteiger partial charge is 0.242 e. The van der Waals surface area contributed by atoms with Crippen LogP contribution in [0.25, 0.3) is 0 Å². The molecule has 0 aliphatic rings. The van der Waals surface area contributed by atoms with Crippen molar-refractivity contribution in [2.75, 3.05) is 13.1 Å². The van der Waals surface area contributed by atoms with Crippen LogP contribution < -0.4 is 5.32 Å². The molecule has 1 amide bonds. The third kappa shape index (κ3) is 4.45. The Balaban J connectivity index is 2.16. The Morgan fingerprint density at radius 3 is 2.29 bits per heavy atom. The lowest BCUT2D eigenvalue weighted by Crippen LogP contribution is -2.40. The van der Waals surface area contributed by atoms with Gasteiger partial charge in [-0.05, 0) is 43.6 Å². The van der Waals surface area contributed by atoms with Crippen molar-refractivity contribution in [2.45, 2.75) is 40.3 Å². The molecular formula is C21H28N2O. The van der Waals surface area contributed by atoms with Gasteiger partial charge in [0.1, 0.15) is 6.04 Å². The second kappa shape index (κ2) is 8.65. The van der Waals surface area contributed by atoms with Gasteiger partial charge >= 0.3 is 0 Å². The topological polar surface area (TPSA) is 32.3 Å². The summed E-state index contributed by atoms with van der Waals surface area (Å²) < 4.78 is 0. The molecule has 2 rings (SSSR count). The van der Waals surface area contributed by atoms with Crippen molar-refractivity contribution in [3.8, 4) is 0 Å². The summed E-state index contributed by atoms with van der Waals surface area (Å²) in [5, 5.41) is 3.13. The molecule has 0 spiro atoms. The summed E-state index contributed by atoms with van der Waals surface area (Å²) in [6, 6.07) is 16.1. The standard InChI is InChI=1S/C21H28N2O/c1-5-23(6-2)20(18-10-8-7-9-11-18)21(24)22-15-19-13-12-16(3)14-17(19)4/h7-14,20H,5-6,15H2,1-4H3,(H,22,24). The van der Waals surface area contributed by atoms with Crippen LogP contribution in [0, 0.1) is 13.8 Å². The molecule has 1 unspecified atom stereocenters. The van der Waals surface area contributed by atoms with Crippen LogP contribution >= 0.6 is 0 Å². The van der Waals surface area contributed by atoms with Gasteiger partial charge in [-0.2, -0.15) is 0 Å². The van der Waals surface area contributed by atoms with Gasteiger partial charge in [0.25, 0.3) is 0 Å². The summed E-state index contributed by atoms with van der Waals surface area (Å²) in [5.74, 6) is 0.0601. The summed E-state index contributed by atoms with van der Waals surface area (Å²) in [6.07, 6.45) is 0. The van der Waals surface area contributed by atoms with Crippen LogP contribution in [0.3, 0.4) is 0 Å². The minimum absolute atomic E-state index is 0.0601. The van der Waals surface area contributed by atoms with E-state index in [1.165, 1.54) is 16.7 Å². The first-order chi connectivity index (χ1) is 11.6. The predicted octanol–water partition coefficient (Wildman–Crippen LogP) is 4.00. The number of nitrogens with zero attached hydrogens (tertiary/aromatic N) is 1. The van der Waals surface area contributed by atoms with Crippen LogP contribution in [0.15, 0.2) is 48.5 Å². The maximum Gasteiger partial charge on any atom is 0.242 e. The second-order valence-corrected chi connectivity index (χ2v) is 6.18. The van der Waals surface area contributed by atoms with Crippen molar-refractivity contribution in [1.82, 2.24) is 10.2 Å². The van der Waals surface area contributed by atoms with E-state index in [0.717, 1.165) is 18.7 Å². The minimum Gasteiger partial charge on any atom is -0.350 e. The summed E-state index contributed by atoms with van der Waals surface area (Å²) >= 11 is 0. The Morgan fingerprint density at radius 1 is 1.04 bits per heavy atom. The van der Waals surface area contributed by atoms with Gasteiger partial charge in [0.2, 0.25) is 5.91 Å². The number of nitrogens with one attached hydrogen (secondary N) is 1. The molecule has 0 aliphatic heterocycles. The third-order valence-electron chi connectivity index (χ3n) is 4.49. The van der Waals surface area contributed by atoms with Crippen LogP contribution in [-0.4, -0.2) is 23.9 Å². The Bertz CT molecular complexity index is 663. The number of amides is 1. The van der Waals surface area contributed by atoms with E-state index in [2.05, 4.69) is 56.1 Å². The summed E-state index contributed by atoms with van der Waals surface area (Å²) in [6.45, 7) is 10.6. The van der Waals surface area contributed by atoms with E-state index in [4.69, 9.17) is 0 Å². The predicted molar refractivity (Wildman–Crippen MR) is 99.9 cm³/mol. The minimum atomic E-state index is -0.244. The maximum atomic E-state index is 12.9. The number of benzene rings is 2. The highest BCUT2D eigenvalue weighted by molar-refractivity contribution is 5.83. The first-order valence-corrected chi connectivity index (χ1v) is 8.69. The molecule has 3 nitrogen and oxygen atoms in total. The number of carbonyl (C=O) groups excluding carboxylic acids is 1. The van der Waals surface area contributed by atoms with E-state index < -0.39 is 0 Å². The van der Waals surface area contributed by atoms with Gasteiger partial charge in [0.15, 0.2) is 0 Å². The van der Waals surface area contributed by atoms with Gasteiger partial charge in [0, 0.05) is 6.54 Å². The normalized spacial score (nSPS) is 12.2. The molecule has 1 atom stereocenters. The molecule has 0 bridgehead atoms. The van der Waals surface area contributed by atoms with Crippen molar-refractivity contribution < 1.29 is 4.79 Å². The van der Waals surface area contributed by atoms with Crippen LogP contribution in [-0.2, 0) is 11.3 Å². The van der Waals surface area contributed by atoms with E-state index in [1.807, 2.05) is 30.3 Å². The van der Waals surface area contributed by atoms with Crippen molar-refractivity contribution in [2.24, 2.45) is 0 Å². The lowest BCUT2D eigenvalue weighted by atomic mass is 10.0. The molecule has 0 fully saturated rings. The number of likely N-dealkylation sites (N-methyl/N-ethyl adjacent to an activating group) is 1.